The standard InChI is InChI=1S/C122H140BN3/c1-112(2,3)80-52-48-76(49-53-80)88-42-37-45-93(108-96(119(22,23)24)46-39-47-97(108)120(25,26)27)110(88)125-104-66-77(75-40-35-34-36-41-75)50-60-100(104)123-101-61-51-78(79-64-85(117(16,17)18)68-86(65-79)118(19,20)21)67-105(101)126(107-74-87(73-106(125)109(107)123)124-102-62-56-81(113(4,5)6)69-94(102)95-70-82(114(7,8)9)57-63-103(95)124)111-91(89-58-54-83(115(10,11)12)71-98(89)121(28,29)30)43-38-44-92(111)90-59-55-84(116(13,14)15)72-99(90)122(31,32)33/h34-74H,1-33H3/i34D,35D,36D,40D,41D. The van der Waals surface area contributed by atoms with Crippen molar-refractivity contribution in [1.82, 2.24) is 4.57 Å². The maximum absolute atomic E-state index is 10.0. The van der Waals surface area contributed by atoms with E-state index in [1.807, 2.05) is 0 Å². The zero-order chi connectivity index (χ0) is 95.5. The molecule has 646 valence electrons. The molecular weight excluding hydrogens is 1520 g/mol. The Morgan fingerprint density at radius 1 is 0.238 bits per heavy atom. The number of anilines is 6. The molecule has 0 radical (unpaired) electrons. The molecule has 0 spiro atoms. The molecule has 0 atom stereocenters. The Labute approximate surface area is 765 Å². The van der Waals surface area contributed by atoms with Gasteiger partial charge >= 0.3 is 0 Å². The van der Waals surface area contributed by atoms with Gasteiger partial charge in [-0.05, 0) is 230 Å². The topological polar surface area (TPSA) is 11.4 Å². The third-order valence-electron chi connectivity index (χ3n) is 27.1. The minimum Gasteiger partial charge on any atom is -0.310 e. The van der Waals surface area contributed by atoms with Crippen molar-refractivity contribution in [3.8, 4) is 72.4 Å². The van der Waals surface area contributed by atoms with Gasteiger partial charge in [-0.25, -0.2) is 0 Å². The van der Waals surface area contributed by atoms with Gasteiger partial charge in [-0.2, -0.15) is 0 Å². The number of hydrogen-bond acceptors (Lipinski definition) is 2. The van der Waals surface area contributed by atoms with Crippen molar-refractivity contribution in [2.75, 3.05) is 9.80 Å². The lowest BCUT2D eigenvalue weighted by Crippen LogP contribution is -2.61. The summed E-state index contributed by atoms with van der Waals surface area (Å²) < 4.78 is 50.7. The molecule has 0 saturated carbocycles. The van der Waals surface area contributed by atoms with Gasteiger partial charge in [0.1, 0.15) is 0 Å². The maximum Gasteiger partial charge on any atom is 0.252 e. The zero-order valence-corrected chi connectivity index (χ0v) is 82.2. The minimum absolute atomic E-state index is 0.138. The van der Waals surface area contributed by atoms with Crippen LogP contribution in [0.5, 0.6) is 0 Å². The quantitative estimate of drug-likeness (QED) is 0.133. The van der Waals surface area contributed by atoms with Gasteiger partial charge < -0.3 is 14.4 Å². The van der Waals surface area contributed by atoms with Gasteiger partial charge in [0, 0.05) is 55.8 Å². The highest BCUT2D eigenvalue weighted by Crippen LogP contribution is 2.58. The first-order valence-corrected chi connectivity index (χ1v) is 46.2. The molecule has 0 bridgehead atoms. The van der Waals surface area contributed by atoms with Gasteiger partial charge in [-0.3, -0.25) is 0 Å². The van der Waals surface area contributed by atoms with Gasteiger partial charge in [-0.1, -0.05) is 429 Å². The van der Waals surface area contributed by atoms with Crippen molar-refractivity contribution in [2.45, 2.75) is 288 Å². The van der Waals surface area contributed by atoms with Gasteiger partial charge in [0.2, 0.25) is 0 Å². The van der Waals surface area contributed by atoms with E-state index < -0.39 is 12.8 Å². The summed E-state index contributed by atoms with van der Waals surface area (Å²) in [5.74, 6) is 0. The normalized spacial score (nSPS) is 14.4. The molecular formula is C122H140BN3. The van der Waals surface area contributed by atoms with Crippen LogP contribution in [0.25, 0.3) is 94.3 Å². The summed E-state index contributed by atoms with van der Waals surface area (Å²) in [5.41, 5.74) is 34.7. The first kappa shape index (κ1) is 82.3. The van der Waals surface area contributed by atoms with E-state index in [1.54, 1.807) is 0 Å². The predicted octanol–water partition coefficient (Wildman–Crippen LogP) is 33.1. The summed E-state index contributed by atoms with van der Waals surface area (Å²) >= 11 is 0. The highest BCUT2D eigenvalue weighted by Gasteiger charge is 2.48. The van der Waals surface area contributed by atoms with E-state index >= 15 is 0 Å². The lowest BCUT2D eigenvalue weighted by Gasteiger charge is -2.46. The first-order valence-electron chi connectivity index (χ1n) is 48.7. The Kier molecular flexibility index (Phi) is 19.9. The maximum atomic E-state index is 10.0. The molecule has 0 aliphatic carbocycles. The fraction of sp³-hybridized carbons (Fsp3) is 0.361. The molecule has 2 aliphatic rings. The van der Waals surface area contributed by atoms with Crippen molar-refractivity contribution in [2.24, 2.45) is 0 Å². The number of fused-ring (bicyclic) bond motifs is 7. The van der Waals surface area contributed by atoms with E-state index in [-0.39, 0.29) is 89.3 Å². The summed E-state index contributed by atoms with van der Waals surface area (Å²) in [7, 11) is 0. The Bertz CT molecular complexity index is 6710. The molecule has 3 nitrogen and oxygen atoms in total. The number of nitrogens with zero attached hydrogens (tertiary/aromatic N) is 3. The molecule has 0 saturated heterocycles. The second-order valence-corrected chi connectivity index (χ2v) is 48.1. The van der Waals surface area contributed by atoms with Crippen LogP contribution in [0.15, 0.2) is 249 Å². The smallest absolute Gasteiger partial charge is 0.252 e. The number of para-hydroxylation sites is 2. The number of hydrogen-bond donors (Lipinski definition) is 0. The molecule has 126 heavy (non-hydrogen) atoms. The molecule has 0 fully saturated rings. The third kappa shape index (κ3) is 16.2. The van der Waals surface area contributed by atoms with Crippen LogP contribution in [0, 0.1) is 0 Å². The Morgan fingerprint density at radius 3 is 0.992 bits per heavy atom. The summed E-state index contributed by atoms with van der Waals surface area (Å²) in [4.78, 5) is 5.36. The van der Waals surface area contributed by atoms with Crippen LogP contribution in [0.3, 0.4) is 0 Å². The molecule has 0 N–H and O–H groups in total. The predicted molar refractivity (Wildman–Crippen MR) is 553 cm³/mol. The van der Waals surface area contributed by atoms with E-state index in [1.165, 1.54) is 72.0 Å². The summed E-state index contributed by atoms with van der Waals surface area (Å²) in [6, 6.07) is 84.2. The molecule has 14 aromatic rings. The molecule has 13 aromatic carbocycles. The third-order valence-corrected chi connectivity index (χ3v) is 27.1. The van der Waals surface area contributed by atoms with Gasteiger partial charge in [0.25, 0.3) is 6.71 Å². The molecule has 16 rings (SSSR count). The second kappa shape index (κ2) is 30.5. The number of benzene rings is 13. The van der Waals surface area contributed by atoms with Crippen LogP contribution in [0.1, 0.15) is 297 Å². The van der Waals surface area contributed by atoms with Crippen LogP contribution in [0.4, 0.5) is 34.1 Å². The molecule has 0 unspecified atom stereocenters. The van der Waals surface area contributed by atoms with E-state index in [0.29, 0.717) is 5.56 Å². The van der Waals surface area contributed by atoms with Crippen molar-refractivity contribution in [1.29, 1.82) is 0 Å². The summed E-state index contributed by atoms with van der Waals surface area (Å²) in [6.45, 7) is 76.8. The summed E-state index contributed by atoms with van der Waals surface area (Å²) in [6.07, 6.45) is 0. The van der Waals surface area contributed by atoms with Crippen LogP contribution in [-0.4, -0.2) is 11.3 Å². The fourth-order valence-corrected chi connectivity index (χ4v) is 19.6. The Hall–Kier alpha value is -10.7. The van der Waals surface area contributed by atoms with Crippen molar-refractivity contribution >= 4 is 79.0 Å². The first-order chi connectivity index (χ1) is 60.5. The highest BCUT2D eigenvalue weighted by molar-refractivity contribution is 7.00. The van der Waals surface area contributed by atoms with E-state index in [4.69, 9.17) is 1.37 Å². The molecule has 2 aliphatic heterocycles. The van der Waals surface area contributed by atoms with Gasteiger partial charge in [-0.15, -0.1) is 0 Å². The SMILES string of the molecule is [2H]c1c([2H])c([2H])c(-c2ccc3c(c2)N(c2c(-c4ccc(C(C)(C)C)cc4)cccc2-c2c(C(C)(C)C)cccc2C(C)(C)C)c2cc(-n4c5ccc(C(C)(C)C)cc5c5cc(C(C)(C)C)ccc54)cc4c2B3c2ccc(-c3cc(C(C)(C)C)cc(C(C)(C)C)c3)cc2N4c2c(-c3ccc(C(C)(C)C)cc3C(C)(C)C)cccc2-c2ccc(C(C)(C)C)cc2C(C)(C)C)c([2H])c1[2H]. The second-order valence-electron chi connectivity index (χ2n) is 48.1. The largest absolute Gasteiger partial charge is 0.310 e. The van der Waals surface area contributed by atoms with Crippen LogP contribution in [0.2, 0.25) is 0 Å². The molecule has 0 amide bonds. The number of rotatable bonds is 9. The molecule has 1 aromatic heterocycles. The van der Waals surface area contributed by atoms with Crippen LogP contribution in [-0.2, 0) is 59.6 Å². The molecule has 4 heteroatoms. The van der Waals surface area contributed by atoms with Gasteiger partial charge in [0.15, 0.2) is 0 Å². The lowest BCUT2D eigenvalue weighted by molar-refractivity contribution is 0.568. The van der Waals surface area contributed by atoms with Crippen molar-refractivity contribution in [3.05, 3.63) is 310 Å². The molecule has 3 heterocycles. The Morgan fingerprint density at radius 2 is 0.587 bits per heavy atom. The Balaban J connectivity index is 1.22. The van der Waals surface area contributed by atoms with Crippen LogP contribution < -0.4 is 26.2 Å². The average molecular weight is 1660 g/mol. The van der Waals surface area contributed by atoms with E-state index in [9.17, 15) is 5.48 Å². The van der Waals surface area contributed by atoms with Crippen LogP contribution >= 0.6 is 0 Å². The zero-order valence-electron chi connectivity index (χ0n) is 87.2. The fourth-order valence-electron chi connectivity index (χ4n) is 19.6. The van der Waals surface area contributed by atoms with Crippen molar-refractivity contribution < 1.29 is 6.85 Å². The minimum atomic E-state index is -0.515. The summed E-state index contributed by atoms with van der Waals surface area (Å²) in [5, 5.41) is 2.34. The highest BCUT2D eigenvalue weighted by atomic mass is 15.2. The monoisotopic (exact) mass is 1660 g/mol. The van der Waals surface area contributed by atoms with Gasteiger partial charge in [0.05, 0.1) is 34.9 Å². The number of aromatic nitrogens is 1. The van der Waals surface area contributed by atoms with Crippen molar-refractivity contribution in [3.63, 3.8) is 0 Å². The van der Waals surface area contributed by atoms with E-state index in [2.05, 4.69) is 461 Å². The lowest BCUT2D eigenvalue weighted by atomic mass is 9.33. The average Bonchev–Trinajstić information content (AvgIpc) is 1.38. The van der Waals surface area contributed by atoms with E-state index in [0.717, 1.165) is 123 Å².